The summed E-state index contributed by atoms with van der Waals surface area (Å²) in [6, 6.07) is 2.13. The predicted molar refractivity (Wildman–Crippen MR) is 144 cm³/mol. The smallest absolute Gasteiger partial charge is 0.326 e. The predicted octanol–water partition coefficient (Wildman–Crippen LogP) is -0.637. The Morgan fingerprint density at radius 3 is 2.20 bits per heavy atom. The molecule has 1 aromatic heterocycles. The Hall–Kier alpha value is -4.46. The number of amides is 4. The first-order valence-corrected chi connectivity index (χ1v) is 12.8. The molecule has 0 saturated carbocycles. The first kappa shape index (κ1) is 31.8. The highest BCUT2D eigenvalue weighted by Gasteiger charge is 2.33. The molecule has 14 heteroatoms. The van der Waals surface area contributed by atoms with E-state index in [0.717, 1.165) is 16.5 Å². The number of fused-ring (bicyclic) bond motifs is 1. The summed E-state index contributed by atoms with van der Waals surface area (Å²) in [5, 5.41) is 26.2. The van der Waals surface area contributed by atoms with Crippen LogP contribution in [0.2, 0.25) is 0 Å². The molecule has 10 N–H and O–H groups in total. The fourth-order valence-corrected chi connectivity index (χ4v) is 4.06. The Morgan fingerprint density at radius 1 is 0.950 bits per heavy atom. The minimum absolute atomic E-state index is 0.131. The molecular formula is C26H36N6O8. The number of benzene rings is 1. The summed E-state index contributed by atoms with van der Waals surface area (Å²) >= 11 is 0. The maximum absolute atomic E-state index is 13.1. The standard InChI is InChI=1S/C26H36N6O8/c1-3-13(2)22(25(38)30-18(26(39)40)8-9-21(34)35)32-24(37)19(11-20(28)33)31-23(36)16(27)10-14-12-29-17-7-5-4-6-15(14)17/h4-7,12-13,16,18-19,22,29H,3,8-11,27H2,1-2H3,(H2,28,33)(H,30,38)(H,31,36)(H,32,37)(H,34,35)(H,39,40). The summed E-state index contributed by atoms with van der Waals surface area (Å²) < 4.78 is 0. The number of hydrogen-bond donors (Lipinski definition) is 8. The lowest BCUT2D eigenvalue weighted by Crippen LogP contribution is -2.59. The van der Waals surface area contributed by atoms with Crippen molar-refractivity contribution in [3.8, 4) is 0 Å². The van der Waals surface area contributed by atoms with Crippen LogP contribution in [0.3, 0.4) is 0 Å². The van der Waals surface area contributed by atoms with Crippen LogP contribution in [0, 0.1) is 5.92 Å². The number of carboxylic acid groups (broad SMARTS) is 2. The molecule has 0 aliphatic rings. The largest absolute Gasteiger partial charge is 0.481 e. The van der Waals surface area contributed by atoms with E-state index in [0.29, 0.717) is 6.42 Å². The minimum atomic E-state index is -1.50. The fourth-order valence-electron chi connectivity index (χ4n) is 4.06. The van der Waals surface area contributed by atoms with Crippen molar-refractivity contribution in [1.29, 1.82) is 0 Å². The summed E-state index contributed by atoms with van der Waals surface area (Å²) in [7, 11) is 0. The van der Waals surface area contributed by atoms with Crippen molar-refractivity contribution < 1.29 is 39.0 Å². The average Bonchev–Trinajstić information content (AvgIpc) is 3.30. The molecule has 2 aromatic rings. The van der Waals surface area contributed by atoms with Crippen LogP contribution in [0.4, 0.5) is 0 Å². The van der Waals surface area contributed by atoms with E-state index in [4.69, 9.17) is 16.6 Å². The lowest BCUT2D eigenvalue weighted by atomic mass is 9.97. The van der Waals surface area contributed by atoms with Crippen LogP contribution in [0.25, 0.3) is 10.9 Å². The normalized spacial score (nSPS) is 14.8. The van der Waals surface area contributed by atoms with E-state index in [1.807, 2.05) is 24.3 Å². The zero-order valence-corrected chi connectivity index (χ0v) is 22.3. The highest BCUT2D eigenvalue weighted by Crippen LogP contribution is 2.19. The molecule has 0 aliphatic heterocycles. The number of nitrogens with two attached hydrogens (primary N) is 2. The monoisotopic (exact) mass is 560 g/mol. The number of aromatic amines is 1. The van der Waals surface area contributed by atoms with Crippen molar-refractivity contribution in [2.24, 2.45) is 17.4 Å². The second-order valence-corrected chi connectivity index (χ2v) is 9.61. The fraction of sp³-hybridized carbons (Fsp3) is 0.462. The van der Waals surface area contributed by atoms with E-state index in [2.05, 4.69) is 20.9 Å². The molecule has 1 aromatic carbocycles. The molecule has 40 heavy (non-hydrogen) atoms. The van der Waals surface area contributed by atoms with E-state index >= 15 is 0 Å². The number of hydrogen-bond acceptors (Lipinski definition) is 7. The third-order valence-corrected chi connectivity index (χ3v) is 6.54. The van der Waals surface area contributed by atoms with Gasteiger partial charge in [0.25, 0.3) is 0 Å². The van der Waals surface area contributed by atoms with Crippen molar-refractivity contribution in [2.75, 3.05) is 0 Å². The third kappa shape index (κ3) is 9.08. The SMILES string of the molecule is CCC(C)C(NC(=O)C(CC(N)=O)NC(=O)C(N)Cc1c[nH]c2ccccc12)C(=O)NC(CCC(=O)O)C(=O)O. The van der Waals surface area contributed by atoms with Gasteiger partial charge in [-0.05, 0) is 30.4 Å². The number of aliphatic carboxylic acids is 2. The van der Waals surface area contributed by atoms with Crippen molar-refractivity contribution >= 4 is 46.5 Å². The van der Waals surface area contributed by atoms with Crippen LogP contribution in [-0.2, 0) is 35.2 Å². The van der Waals surface area contributed by atoms with Gasteiger partial charge in [0.15, 0.2) is 0 Å². The molecule has 218 valence electrons. The van der Waals surface area contributed by atoms with Crippen LogP contribution >= 0.6 is 0 Å². The highest BCUT2D eigenvalue weighted by molar-refractivity contribution is 5.96. The van der Waals surface area contributed by atoms with Crippen molar-refractivity contribution in [2.45, 2.75) is 70.1 Å². The first-order chi connectivity index (χ1) is 18.8. The van der Waals surface area contributed by atoms with Crippen LogP contribution in [0.1, 0.15) is 45.1 Å². The molecule has 0 aliphatic carbocycles. The second kappa shape index (κ2) is 14.6. The van der Waals surface area contributed by atoms with Crippen molar-refractivity contribution in [1.82, 2.24) is 20.9 Å². The topological polar surface area (TPSA) is 247 Å². The summed E-state index contributed by atoms with van der Waals surface area (Å²) in [4.78, 5) is 76.1. The van der Waals surface area contributed by atoms with Gasteiger partial charge in [0.2, 0.25) is 23.6 Å². The summed E-state index contributed by atoms with van der Waals surface area (Å²) in [6.07, 6.45) is 0.804. The third-order valence-electron chi connectivity index (χ3n) is 6.54. The van der Waals surface area contributed by atoms with Gasteiger partial charge in [-0.25, -0.2) is 4.79 Å². The van der Waals surface area contributed by atoms with Gasteiger partial charge in [-0.3, -0.25) is 24.0 Å². The van der Waals surface area contributed by atoms with E-state index in [9.17, 15) is 33.9 Å². The minimum Gasteiger partial charge on any atom is -0.481 e. The van der Waals surface area contributed by atoms with Crippen LogP contribution in [0.15, 0.2) is 30.5 Å². The van der Waals surface area contributed by atoms with Gasteiger partial charge in [-0.15, -0.1) is 0 Å². The van der Waals surface area contributed by atoms with Crippen LogP contribution in [0.5, 0.6) is 0 Å². The molecule has 2 rings (SSSR count). The number of nitrogens with one attached hydrogen (secondary N) is 4. The Labute approximate surface area is 230 Å². The molecule has 0 spiro atoms. The Bertz CT molecular complexity index is 1240. The van der Waals surface area contributed by atoms with Crippen molar-refractivity contribution in [3.05, 3.63) is 36.0 Å². The number of primary amides is 1. The maximum Gasteiger partial charge on any atom is 0.326 e. The lowest BCUT2D eigenvalue weighted by molar-refractivity contribution is -0.144. The number of aromatic nitrogens is 1. The van der Waals surface area contributed by atoms with Gasteiger partial charge >= 0.3 is 11.9 Å². The van der Waals surface area contributed by atoms with Gasteiger partial charge in [0.05, 0.1) is 12.5 Å². The van der Waals surface area contributed by atoms with E-state index < -0.39 is 78.5 Å². The molecule has 0 bridgehead atoms. The zero-order chi connectivity index (χ0) is 30.0. The quantitative estimate of drug-likeness (QED) is 0.130. The molecule has 14 nitrogen and oxygen atoms in total. The Balaban J connectivity index is 2.14. The van der Waals surface area contributed by atoms with Gasteiger partial charge in [0, 0.05) is 23.5 Å². The molecule has 5 unspecified atom stereocenters. The number of carbonyl (C=O) groups excluding carboxylic acids is 4. The molecule has 5 atom stereocenters. The zero-order valence-electron chi connectivity index (χ0n) is 22.3. The average molecular weight is 561 g/mol. The van der Waals surface area contributed by atoms with E-state index in [1.54, 1.807) is 20.0 Å². The first-order valence-electron chi connectivity index (χ1n) is 12.8. The molecule has 0 radical (unpaired) electrons. The number of H-pyrrole nitrogens is 1. The van der Waals surface area contributed by atoms with Crippen LogP contribution < -0.4 is 27.4 Å². The van der Waals surface area contributed by atoms with Gasteiger partial charge in [-0.1, -0.05) is 38.5 Å². The molecule has 0 saturated heterocycles. The molecule has 1 heterocycles. The van der Waals surface area contributed by atoms with Gasteiger partial charge in [-0.2, -0.15) is 0 Å². The van der Waals surface area contributed by atoms with Gasteiger partial charge < -0.3 is 42.6 Å². The lowest BCUT2D eigenvalue weighted by Gasteiger charge is -2.27. The number of carboxylic acids is 2. The molecular weight excluding hydrogens is 524 g/mol. The van der Waals surface area contributed by atoms with E-state index in [-0.39, 0.29) is 12.8 Å². The Kier molecular flexibility index (Phi) is 11.6. The second-order valence-electron chi connectivity index (χ2n) is 9.61. The summed E-state index contributed by atoms with van der Waals surface area (Å²) in [5.74, 6) is -6.55. The molecule has 0 fully saturated rings. The van der Waals surface area contributed by atoms with Crippen molar-refractivity contribution in [3.63, 3.8) is 0 Å². The highest BCUT2D eigenvalue weighted by atomic mass is 16.4. The molecule has 4 amide bonds. The van der Waals surface area contributed by atoms with Crippen LogP contribution in [-0.4, -0.2) is 74.9 Å². The number of rotatable bonds is 16. The van der Waals surface area contributed by atoms with Gasteiger partial charge in [0.1, 0.15) is 18.1 Å². The Morgan fingerprint density at radius 2 is 1.60 bits per heavy atom. The number of para-hydroxylation sites is 1. The summed E-state index contributed by atoms with van der Waals surface area (Å²) in [5.41, 5.74) is 13.0. The number of carbonyl (C=O) groups is 6. The van der Waals surface area contributed by atoms with E-state index in [1.165, 1.54) is 0 Å². The maximum atomic E-state index is 13.1. The summed E-state index contributed by atoms with van der Waals surface area (Å²) in [6.45, 7) is 3.37.